The van der Waals surface area contributed by atoms with Gasteiger partial charge in [-0.2, -0.15) is 5.26 Å². The van der Waals surface area contributed by atoms with Gasteiger partial charge in [-0.1, -0.05) is 6.07 Å². The lowest BCUT2D eigenvalue weighted by atomic mass is 10.2. The van der Waals surface area contributed by atoms with Crippen LogP contribution in [-0.4, -0.2) is 17.6 Å². The molecule has 0 saturated carbocycles. The van der Waals surface area contributed by atoms with E-state index in [4.69, 9.17) is 10.00 Å². The third-order valence-corrected chi connectivity index (χ3v) is 1.60. The minimum Gasteiger partial charge on any atom is -0.463 e. The second-order valence-corrected chi connectivity index (χ2v) is 2.67. The number of hydrogen-bond acceptors (Lipinski definition) is 4. The SMILES string of the molecule is CCOC(=O)C=Cc1ccc(C#N)nc1. The molecule has 0 radical (unpaired) electrons. The first-order valence-corrected chi connectivity index (χ1v) is 4.47. The average molecular weight is 202 g/mol. The van der Waals surface area contributed by atoms with E-state index in [1.165, 1.54) is 12.3 Å². The van der Waals surface area contributed by atoms with E-state index in [9.17, 15) is 4.79 Å². The van der Waals surface area contributed by atoms with Crippen LogP contribution in [0.2, 0.25) is 0 Å². The van der Waals surface area contributed by atoms with Crippen molar-refractivity contribution in [1.82, 2.24) is 4.98 Å². The number of carbonyl (C=O) groups excluding carboxylic acids is 1. The number of rotatable bonds is 3. The van der Waals surface area contributed by atoms with Gasteiger partial charge in [0, 0.05) is 12.3 Å². The number of nitrogens with zero attached hydrogens (tertiary/aromatic N) is 2. The minimum absolute atomic E-state index is 0.350. The quantitative estimate of drug-likeness (QED) is 0.550. The van der Waals surface area contributed by atoms with Gasteiger partial charge in [-0.05, 0) is 24.6 Å². The molecule has 4 nitrogen and oxygen atoms in total. The molecule has 0 atom stereocenters. The molecule has 0 N–H and O–H groups in total. The lowest BCUT2D eigenvalue weighted by Crippen LogP contribution is -1.98. The zero-order valence-corrected chi connectivity index (χ0v) is 8.30. The van der Waals surface area contributed by atoms with Crippen LogP contribution in [0.5, 0.6) is 0 Å². The first-order chi connectivity index (χ1) is 7.26. The summed E-state index contributed by atoms with van der Waals surface area (Å²) in [6, 6.07) is 5.21. The fourth-order valence-corrected chi connectivity index (χ4v) is 0.925. The zero-order chi connectivity index (χ0) is 11.1. The second-order valence-electron chi connectivity index (χ2n) is 2.67. The summed E-state index contributed by atoms with van der Waals surface area (Å²) in [5.74, 6) is -0.387. The van der Waals surface area contributed by atoms with Crippen molar-refractivity contribution in [2.45, 2.75) is 6.92 Å². The summed E-state index contributed by atoms with van der Waals surface area (Å²) in [5, 5.41) is 8.51. The van der Waals surface area contributed by atoms with Crippen LogP contribution in [0.4, 0.5) is 0 Å². The third-order valence-electron chi connectivity index (χ3n) is 1.60. The fraction of sp³-hybridized carbons (Fsp3) is 0.182. The normalized spacial score (nSPS) is 9.87. The lowest BCUT2D eigenvalue weighted by Gasteiger charge is -1.95. The molecular weight excluding hydrogens is 192 g/mol. The Morgan fingerprint density at radius 2 is 2.47 bits per heavy atom. The predicted octanol–water partition coefficient (Wildman–Crippen LogP) is 1.53. The standard InChI is InChI=1S/C11H10N2O2/c1-2-15-11(14)6-4-9-3-5-10(7-12)13-8-9/h3-6,8H,2H2,1H3. The number of ether oxygens (including phenoxy) is 1. The van der Waals surface area contributed by atoms with E-state index >= 15 is 0 Å². The maximum absolute atomic E-state index is 11.0. The van der Waals surface area contributed by atoms with Gasteiger partial charge in [0.05, 0.1) is 6.61 Å². The molecule has 0 unspecified atom stereocenters. The van der Waals surface area contributed by atoms with Crippen LogP contribution in [0.15, 0.2) is 24.4 Å². The smallest absolute Gasteiger partial charge is 0.330 e. The van der Waals surface area contributed by atoms with Gasteiger partial charge < -0.3 is 4.74 Å². The molecule has 0 aromatic carbocycles. The van der Waals surface area contributed by atoms with E-state index < -0.39 is 0 Å². The van der Waals surface area contributed by atoms with Crippen LogP contribution >= 0.6 is 0 Å². The molecule has 0 fully saturated rings. The van der Waals surface area contributed by atoms with Gasteiger partial charge in [-0.15, -0.1) is 0 Å². The maximum Gasteiger partial charge on any atom is 0.330 e. The van der Waals surface area contributed by atoms with E-state index in [-0.39, 0.29) is 5.97 Å². The predicted molar refractivity (Wildman–Crippen MR) is 54.6 cm³/mol. The molecule has 1 aromatic heterocycles. The molecule has 1 heterocycles. The number of aromatic nitrogens is 1. The van der Waals surface area contributed by atoms with Crippen molar-refractivity contribution in [3.63, 3.8) is 0 Å². The molecule has 0 aliphatic rings. The van der Waals surface area contributed by atoms with Crippen molar-refractivity contribution in [2.75, 3.05) is 6.61 Å². The minimum atomic E-state index is -0.387. The average Bonchev–Trinajstić information content (AvgIpc) is 2.27. The van der Waals surface area contributed by atoms with E-state index in [2.05, 4.69) is 4.98 Å². The molecule has 15 heavy (non-hydrogen) atoms. The Labute approximate surface area is 87.8 Å². The Morgan fingerprint density at radius 3 is 3.00 bits per heavy atom. The summed E-state index contributed by atoms with van der Waals surface area (Å²) in [7, 11) is 0. The Bertz CT molecular complexity index is 402. The molecule has 0 amide bonds. The van der Waals surface area contributed by atoms with Gasteiger partial charge in [-0.3, -0.25) is 0 Å². The molecule has 0 bridgehead atoms. The van der Waals surface area contributed by atoms with E-state index in [1.54, 1.807) is 25.1 Å². The highest BCUT2D eigenvalue weighted by Crippen LogP contribution is 2.01. The Morgan fingerprint density at radius 1 is 1.67 bits per heavy atom. The molecule has 0 spiro atoms. The highest BCUT2D eigenvalue weighted by molar-refractivity contribution is 5.86. The number of hydrogen-bond donors (Lipinski definition) is 0. The van der Waals surface area contributed by atoms with Crippen molar-refractivity contribution in [1.29, 1.82) is 5.26 Å². The maximum atomic E-state index is 11.0. The fourth-order valence-electron chi connectivity index (χ4n) is 0.925. The number of pyridine rings is 1. The lowest BCUT2D eigenvalue weighted by molar-refractivity contribution is -0.137. The summed E-state index contributed by atoms with van der Waals surface area (Å²) >= 11 is 0. The second kappa shape index (κ2) is 5.55. The summed E-state index contributed by atoms with van der Waals surface area (Å²) in [4.78, 5) is 14.8. The number of carbonyl (C=O) groups is 1. The Kier molecular flexibility index (Phi) is 4.05. The van der Waals surface area contributed by atoms with Crippen LogP contribution in [0.25, 0.3) is 6.08 Å². The van der Waals surface area contributed by atoms with Crippen LogP contribution < -0.4 is 0 Å². The Hall–Kier alpha value is -2.15. The van der Waals surface area contributed by atoms with Crippen molar-refractivity contribution >= 4 is 12.0 Å². The van der Waals surface area contributed by atoms with Gasteiger partial charge in [-0.25, -0.2) is 9.78 Å². The van der Waals surface area contributed by atoms with E-state index in [1.807, 2.05) is 6.07 Å². The number of nitriles is 1. The monoisotopic (exact) mass is 202 g/mol. The molecule has 76 valence electrons. The van der Waals surface area contributed by atoms with Crippen LogP contribution in [0, 0.1) is 11.3 Å². The van der Waals surface area contributed by atoms with Gasteiger partial charge >= 0.3 is 5.97 Å². The summed E-state index contributed by atoms with van der Waals surface area (Å²) in [5.41, 5.74) is 1.10. The summed E-state index contributed by atoms with van der Waals surface area (Å²) in [6.07, 6.45) is 4.44. The molecule has 1 aromatic rings. The highest BCUT2D eigenvalue weighted by atomic mass is 16.5. The van der Waals surface area contributed by atoms with Gasteiger partial charge in [0.1, 0.15) is 11.8 Å². The van der Waals surface area contributed by atoms with E-state index in [0.717, 1.165) is 5.56 Å². The largest absolute Gasteiger partial charge is 0.463 e. The van der Waals surface area contributed by atoms with Crippen LogP contribution in [0.3, 0.4) is 0 Å². The van der Waals surface area contributed by atoms with Crippen LogP contribution in [-0.2, 0) is 9.53 Å². The highest BCUT2D eigenvalue weighted by Gasteiger charge is 1.94. The molecule has 1 rings (SSSR count). The number of esters is 1. The summed E-state index contributed by atoms with van der Waals surface area (Å²) < 4.78 is 4.71. The molecule has 0 aliphatic heterocycles. The molecule has 4 heteroatoms. The topological polar surface area (TPSA) is 63.0 Å². The molecule has 0 saturated heterocycles. The summed E-state index contributed by atoms with van der Waals surface area (Å²) in [6.45, 7) is 2.10. The first kappa shape index (κ1) is 10.9. The van der Waals surface area contributed by atoms with Crippen LogP contribution in [0.1, 0.15) is 18.2 Å². The molecule has 0 aliphatic carbocycles. The van der Waals surface area contributed by atoms with Gasteiger partial charge in [0.25, 0.3) is 0 Å². The first-order valence-electron chi connectivity index (χ1n) is 4.47. The van der Waals surface area contributed by atoms with Crippen molar-refractivity contribution < 1.29 is 9.53 Å². The zero-order valence-electron chi connectivity index (χ0n) is 8.30. The Balaban J connectivity index is 2.65. The molecular formula is C11H10N2O2. The van der Waals surface area contributed by atoms with Gasteiger partial charge in [0.15, 0.2) is 0 Å². The van der Waals surface area contributed by atoms with Crippen molar-refractivity contribution in [3.05, 3.63) is 35.7 Å². The third kappa shape index (κ3) is 3.61. The van der Waals surface area contributed by atoms with Gasteiger partial charge in [0.2, 0.25) is 0 Å². The van der Waals surface area contributed by atoms with E-state index in [0.29, 0.717) is 12.3 Å². The van der Waals surface area contributed by atoms with Crippen molar-refractivity contribution in [3.8, 4) is 6.07 Å². The van der Waals surface area contributed by atoms with Crippen molar-refractivity contribution in [2.24, 2.45) is 0 Å².